The van der Waals surface area contributed by atoms with E-state index in [4.69, 9.17) is 4.43 Å². The molecule has 1 rings (SSSR count). The zero-order valence-electron chi connectivity index (χ0n) is 12.0. The molecule has 0 aromatic heterocycles. The van der Waals surface area contributed by atoms with Crippen LogP contribution < -0.4 is 4.43 Å². The van der Waals surface area contributed by atoms with Crippen LogP contribution in [0.15, 0.2) is 18.2 Å². The van der Waals surface area contributed by atoms with E-state index in [1.807, 2.05) is 13.1 Å². The van der Waals surface area contributed by atoms with Gasteiger partial charge in [0.15, 0.2) is 6.29 Å². The van der Waals surface area contributed by atoms with Crippen LogP contribution in [0, 0.1) is 0 Å². The first-order valence-corrected chi connectivity index (χ1v) is 9.01. The molecule has 0 fully saturated rings. The Balaban J connectivity index is 3.34. The minimum Gasteiger partial charge on any atom is -0.542 e. The lowest BCUT2D eigenvalue weighted by Gasteiger charge is -2.37. The Morgan fingerprint density at radius 1 is 1.32 bits per heavy atom. The largest absolute Gasteiger partial charge is 0.542 e. The SMILES string of the molecule is CC(C)(C)[Si](C)(C)Oc1c(C=O)cccc1C(=O)O. The normalized spacial score (nSPS) is 12.1. The van der Waals surface area contributed by atoms with Gasteiger partial charge in [0.25, 0.3) is 8.32 Å². The number of hydrogen-bond acceptors (Lipinski definition) is 3. The molecule has 1 aromatic rings. The van der Waals surface area contributed by atoms with E-state index in [9.17, 15) is 14.7 Å². The summed E-state index contributed by atoms with van der Waals surface area (Å²) in [5, 5.41) is 9.13. The average molecular weight is 280 g/mol. The highest BCUT2D eigenvalue weighted by Crippen LogP contribution is 2.39. The molecule has 104 valence electrons. The summed E-state index contributed by atoms with van der Waals surface area (Å²) >= 11 is 0. The summed E-state index contributed by atoms with van der Waals surface area (Å²) in [6.07, 6.45) is 0.634. The third-order valence-corrected chi connectivity index (χ3v) is 7.89. The van der Waals surface area contributed by atoms with Gasteiger partial charge in [0, 0.05) is 0 Å². The first-order chi connectivity index (χ1) is 8.60. The van der Waals surface area contributed by atoms with E-state index in [0.717, 1.165) is 0 Å². The van der Waals surface area contributed by atoms with Crippen molar-refractivity contribution in [2.45, 2.75) is 38.9 Å². The van der Waals surface area contributed by atoms with Gasteiger partial charge in [-0.1, -0.05) is 26.8 Å². The van der Waals surface area contributed by atoms with Crippen LogP contribution in [0.3, 0.4) is 0 Å². The monoisotopic (exact) mass is 280 g/mol. The number of carbonyl (C=O) groups excluding carboxylic acids is 1. The number of para-hydroxylation sites is 1. The van der Waals surface area contributed by atoms with E-state index in [0.29, 0.717) is 6.29 Å². The lowest BCUT2D eigenvalue weighted by Crippen LogP contribution is -2.44. The van der Waals surface area contributed by atoms with Gasteiger partial charge in [0.2, 0.25) is 0 Å². The molecule has 1 N–H and O–H groups in total. The molecule has 0 aliphatic rings. The zero-order chi connectivity index (χ0) is 14.8. The van der Waals surface area contributed by atoms with Gasteiger partial charge in [-0.3, -0.25) is 4.79 Å². The molecule has 0 bridgehead atoms. The number of carbonyl (C=O) groups is 2. The van der Waals surface area contributed by atoms with E-state index in [1.54, 1.807) is 12.1 Å². The minimum absolute atomic E-state index is 0.0365. The maximum absolute atomic E-state index is 11.2. The lowest BCUT2D eigenvalue weighted by atomic mass is 10.1. The first kappa shape index (κ1) is 15.4. The van der Waals surface area contributed by atoms with Crippen molar-refractivity contribution in [1.29, 1.82) is 0 Å². The molecule has 19 heavy (non-hydrogen) atoms. The van der Waals surface area contributed by atoms with Gasteiger partial charge in [0.1, 0.15) is 11.3 Å². The van der Waals surface area contributed by atoms with Crippen molar-refractivity contribution < 1.29 is 19.1 Å². The molecule has 0 aliphatic heterocycles. The molecule has 4 nitrogen and oxygen atoms in total. The smallest absolute Gasteiger partial charge is 0.339 e. The van der Waals surface area contributed by atoms with Gasteiger partial charge in [0.05, 0.1) is 5.56 Å². The van der Waals surface area contributed by atoms with Crippen LogP contribution in [-0.4, -0.2) is 25.7 Å². The van der Waals surface area contributed by atoms with Gasteiger partial charge in [-0.15, -0.1) is 0 Å². The van der Waals surface area contributed by atoms with Crippen LogP contribution >= 0.6 is 0 Å². The van der Waals surface area contributed by atoms with Crippen molar-refractivity contribution in [2.24, 2.45) is 0 Å². The second kappa shape index (κ2) is 5.17. The second-order valence-electron chi connectivity index (χ2n) is 6.01. The molecule has 0 unspecified atom stereocenters. The quantitative estimate of drug-likeness (QED) is 0.676. The molecular weight excluding hydrogens is 260 g/mol. The molecule has 0 saturated carbocycles. The third kappa shape index (κ3) is 3.23. The summed E-state index contributed by atoms with van der Waals surface area (Å²) in [4.78, 5) is 22.3. The highest BCUT2D eigenvalue weighted by Gasteiger charge is 2.40. The maximum atomic E-state index is 11.2. The lowest BCUT2D eigenvalue weighted by molar-refractivity contribution is 0.0694. The number of aldehydes is 1. The fourth-order valence-electron chi connectivity index (χ4n) is 1.34. The number of carboxylic acids is 1. The van der Waals surface area contributed by atoms with Gasteiger partial charge in [-0.25, -0.2) is 4.79 Å². The topological polar surface area (TPSA) is 63.6 Å². The van der Waals surface area contributed by atoms with Crippen LogP contribution in [0.5, 0.6) is 5.75 Å². The molecule has 0 spiro atoms. The fourth-order valence-corrected chi connectivity index (χ4v) is 2.38. The summed E-state index contributed by atoms with van der Waals surface area (Å²) in [7, 11) is -2.19. The van der Waals surface area contributed by atoms with Crippen LogP contribution in [0.2, 0.25) is 18.1 Å². The standard InChI is InChI=1S/C14H20O4Si/c1-14(2,3)19(4,5)18-12-10(9-15)7-6-8-11(12)13(16)17/h6-9H,1-5H3,(H,16,17). The Labute approximate surface area is 114 Å². The third-order valence-electron chi connectivity index (χ3n) is 3.57. The fraction of sp³-hybridized carbons (Fsp3) is 0.429. The molecule has 1 aromatic carbocycles. The molecule has 0 amide bonds. The van der Waals surface area contributed by atoms with E-state index in [1.165, 1.54) is 6.07 Å². The number of hydrogen-bond donors (Lipinski definition) is 1. The Morgan fingerprint density at radius 3 is 2.32 bits per heavy atom. The number of carboxylic acid groups (broad SMARTS) is 1. The van der Waals surface area contributed by atoms with Crippen LogP contribution in [0.4, 0.5) is 0 Å². The Hall–Kier alpha value is -1.62. The summed E-state index contributed by atoms with van der Waals surface area (Å²) in [6, 6.07) is 4.57. The minimum atomic E-state index is -2.19. The number of rotatable bonds is 4. The summed E-state index contributed by atoms with van der Waals surface area (Å²) < 4.78 is 6.01. The summed E-state index contributed by atoms with van der Waals surface area (Å²) in [5.41, 5.74) is 0.319. The van der Waals surface area contributed by atoms with Crippen LogP contribution in [0.25, 0.3) is 0 Å². The van der Waals surface area contributed by atoms with E-state index in [2.05, 4.69) is 20.8 Å². The van der Waals surface area contributed by atoms with Crippen LogP contribution in [0.1, 0.15) is 41.5 Å². The van der Waals surface area contributed by atoms with Gasteiger partial charge < -0.3 is 9.53 Å². The molecule has 0 aliphatic carbocycles. The van der Waals surface area contributed by atoms with Crippen molar-refractivity contribution >= 4 is 20.6 Å². The Bertz CT molecular complexity index is 501. The van der Waals surface area contributed by atoms with Gasteiger partial charge in [-0.05, 0) is 30.3 Å². The summed E-state index contributed by atoms with van der Waals surface area (Å²) in [5.74, 6) is -0.894. The van der Waals surface area contributed by atoms with E-state index < -0.39 is 14.3 Å². The molecule has 0 heterocycles. The van der Waals surface area contributed by atoms with E-state index >= 15 is 0 Å². The van der Waals surface area contributed by atoms with E-state index in [-0.39, 0.29) is 21.9 Å². The molecule has 0 saturated heterocycles. The zero-order valence-corrected chi connectivity index (χ0v) is 13.0. The molecular formula is C14H20O4Si. The molecule has 0 atom stereocenters. The predicted molar refractivity (Wildman–Crippen MR) is 76.6 cm³/mol. The van der Waals surface area contributed by atoms with Gasteiger partial charge in [-0.2, -0.15) is 0 Å². The van der Waals surface area contributed by atoms with Crippen molar-refractivity contribution in [3.63, 3.8) is 0 Å². The van der Waals surface area contributed by atoms with Crippen molar-refractivity contribution in [3.05, 3.63) is 29.3 Å². The highest BCUT2D eigenvalue weighted by atomic mass is 28.4. The van der Waals surface area contributed by atoms with Gasteiger partial charge >= 0.3 is 5.97 Å². The average Bonchev–Trinajstić information content (AvgIpc) is 2.26. The second-order valence-corrected chi connectivity index (χ2v) is 10.7. The van der Waals surface area contributed by atoms with Crippen molar-refractivity contribution in [3.8, 4) is 5.75 Å². The maximum Gasteiger partial charge on any atom is 0.339 e. The molecule has 5 heteroatoms. The van der Waals surface area contributed by atoms with Crippen molar-refractivity contribution in [2.75, 3.05) is 0 Å². The molecule has 0 radical (unpaired) electrons. The van der Waals surface area contributed by atoms with Crippen LogP contribution in [-0.2, 0) is 0 Å². The van der Waals surface area contributed by atoms with Crippen molar-refractivity contribution in [1.82, 2.24) is 0 Å². The first-order valence-electron chi connectivity index (χ1n) is 6.10. The Morgan fingerprint density at radius 2 is 1.89 bits per heavy atom. The number of aromatic carboxylic acids is 1. The summed E-state index contributed by atoms with van der Waals surface area (Å²) in [6.45, 7) is 10.2. The highest BCUT2D eigenvalue weighted by molar-refractivity contribution is 6.74. The predicted octanol–water partition coefficient (Wildman–Crippen LogP) is 3.58. The Kier molecular flexibility index (Phi) is 4.20. The number of benzene rings is 1.